The van der Waals surface area contributed by atoms with Gasteiger partial charge in [0.15, 0.2) is 0 Å². The van der Waals surface area contributed by atoms with E-state index in [9.17, 15) is 9.59 Å². The Balaban J connectivity index is 2.01. The highest BCUT2D eigenvalue weighted by Gasteiger charge is 2.43. The molecule has 0 aromatic heterocycles. The quantitative estimate of drug-likeness (QED) is 0.815. The second kappa shape index (κ2) is 5.07. The normalized spacial score (nSPS) is 28.8. The van der Waals surface area contributed by atoms with Crippen LogP contribution >= 0.6 is 0 Å². The first-order valence-electron chi connectivity index (χ1n) is 6.62. The monoisotopic (exact) mass is 239 g/mol. The van der Waals surface area contributed by atoms with Gasteiger partial charge in [-0.15, -0.1) is 0 Å². The van der Waals surface area contributed by atoms with Crippen molar-refractivity contribution in [1.29, 1.82) is 0 Å². The molecule has 4 nitrogen and oxygen atoms in total. The van der Waals surface area contributed by atoms with Gasteiger partial charge in [-0.1, -0.05) is 26.2 Å². The van der Waals surface area contributed by atoms with Crippen molar-refractivity contribution in [3.8, 4) is 0 Å². The number of hydrogen-bond donors (Lipinski definition) is 1. The molecule has 2 saturated carbocycles. The van der Waals surface area contributed by atoms with Crippen LogP contribution in [0, 0.1) is 11.8 Å². The van der Waals surface area contributed by atoms with Crippen LogP contribution in [0.5, 0.6) is 0 Å². The lowest BCUT2D eigenvalue weighted by Gasteiger charge is -2.33. The third kappa shape index (κ3) is 2.99. The highest BCUT2D eigenvalue weighted by atomic mass is 16.4. The van der Waals surface area contributed by atoms with E-state index in [1.165, 1.54) is 6.42 Å². The van der Waals surface area contributed by atoms with E-state index in [1.807, 2.05) is 0 Å². The molecule has 0 heterocycles. The Morgan fingerprint density at radius 2 is 1.82 bits per heavy atom. The molecule has 4 heteroatoms. The molecule has 0 aliphatic heterocycles. The van der Waals surface area contributed by atoms with E-state index in [0.717, 1.165) is 32.1 Å². The minimum Gasteiger partial charge on any atom is -0.480 e. The lowest BCUT2D eigenvalue weighted by Crippen LogP contribution is -2.45. The Hall–Kier alpha value is -1.06. The smallest absolute Gasteiger partial charge is 0.323 e. The Labute approximate surface area is 102 Å². The van der Waals surface area contributed by atoms with Crippen LogP contribution in [-0.2, 0) is 9.59 Å². The molecule has 1 N–H and O–H groups in total. The summed E-state index contributed by atoms with van der Waals surface area (Å²) in [5.74, 6) is -0.275. The van der Waals surface area contributed by atoms with Gasteiger partial charge in [0.2, 0.25) is 5.91 Å². The molecule has 96 valence electrons. The molecule has 0 saturated heterocycles. The number of nitrogens with zero attached hydrogens (tertiary/aromatic N) is 1. The summed E-state index contributed by atoms with van der Waals surface area (Å²) in [6.07, 6.45) is 6.33. The van der Waals surface area contributed by atoms with Crippen molar-refractivity contribution in [3.63, 3.8) is 0 Å². The molecule has 2 rings (SSSR count). The zero-order chi connectivity index (χ0) is 12.4. The Kier molecular flexibility index (Phi) is 3.69. The first kappa shape index (κ1) is 12.4. The SMILES string of the molecule is C[C@@H]1C[C@H]1C(=O)N(CC(=O)O)C1CCCCC1. The lowest BCUT2D eigenvalue weighted by atomic mass is 9.94. The molecule has 0 spiro atoms. The van der Waals surface area contributed by atoms with Crippen LogP contribution in [0.3, 0.4) is 0 Å². The first-order valence-corrected chi connectivity index (χ1v) is 6.62. The largest absolute Gasteiger partial charge is 0.480 e. The summed E-state index contributed by atoms with van der Waals surface area (Å²) in [5.41, 5.74) is 0. The molecule has 1 amide bonds. The van der Waals surface area contributed by atoms with Gasteiger partial charge in [0.25, 0.3) is 0 Å². The van der Waals surface area contributed by atoms with Crippen molar-refractivity contribution in [3.05, 3.63) is 0 Å². The third-order valence-electron chi connectivity index (χ3n) is 4.03. The molecule has 0 aromatic rings. The van der Waals surface area contributed by atoms with Crippen LogP contribution in [0.25, 0.3) is 0 Å². The number of carbonyl (C=O) groups is 2. The summed E-state index contributed by atoms with van der Waals surface area (Å²) in [6.45, 7) is 1.94. The summed E-state index contributed by atoms with van der Waals surface area (Å²) in [5, 5.41) is 8.94. The fourth-order valence-corrected chi connectivity index (χ4v) is 2.80. The first-order chi connectivity index (χ1) is 8.09. The summed E-state index contributed by atoms with van der Waals surface area (Å²) < 4.78 is 0. The molecule has 2 fully saturated rings. The van der Waals surface area contributed by atoms with E-state index in [4.69, 9.17) is 5.11 Å². The second-order valence-corrected chi connectivity index (χ2v) is 5.47. The molecule has 2 atom stereocenters. The number of carboxylic acids is 1. The van der Waals surface area contributed by atoms with Gasteiger partial charge < -0.3 is 10.0 Å². The van der Waals surface area contributed by atoms with E-state index in [-0.39, 0.29) is 24.4 Å². The molecular formula is C13H21NO3. The maximum Gasteiger partial charge on any atom is 0.323 e. The summed E-state index contributed by atoms with van der Waals surface area (Å²) in [7, 11) is 0. The molecule has 17 heavy (non-hydrogen) atoms. The van der Waals surface area contributed by atoms with Crippen LogP contribution in [0.15, 0.2) is 0 Å². The van der Waals surface area contributed by atoms with Gasteiger partial charge in [0.1, 0.15) is 6.54 Å². The van der Waals surface area contributed by atoms with Crippen molar-refractivity contribution < 1.29 is 14.7 Å². The minimum atomic E-state index is -0.891. The summed E-state index contributed by atoms with van der Waals surface area (Å²) >= 11 is 0. The van der Waals surface area contributed by atoms with Crippen molar-refractivity contribution >= 4 is 11.9 Å². The van der Waals surface area contributed by atoms with Crippen molar-refractivity contribution in [2.24, 2.45) is 11.8 Å². The van der Waals surface area contributed by atoms with Crippen LogP contribution in [0.2, 0.25) is 0 Å². The number of amides is 1. The fourth-order valence-electron chi connectivity index (χ4n) is 2.80. The van der Waals surface area contributed by atoms with Gasteiger partial charge >= 0.3 is 5.97 Å². The van der Waals surface area contributed by atoms with Crippen LogP contribution in [0.4, 0.5) is 0 Å². The van der Waals surface area contributed by atoms with Crippen LogP contribution < -0.4 is 0 Å². The predicted molar refractivity (Wildman–Crippen MR) is 63.5 cm³/mol. The summed E-state index contributed by atoms with van der Waals surface area (Å²) in [4.78, 5) is 24.7. The average Bonchev–Trinajstić information content (AvgIpc) is 3.03. The zero-order valence-electron chi connectivity index (χ0n) is 10.4. The van der Waals surface area contributed by atoms with Gasteiger partial charge in [0.05, 0.1) is 0 Å². The number of carbonyl (C=O) groups excluding carboxylic acids is 1. The van der Waals surface area contributed by atoms with Crippen molar-refractivity contribution in [1.82, 2.24) is 4.90 Å². The Morgan fingerprint density at radius 1 is 1.24 bits per heavy atom. The van der Waals surface area contributed by atoms with E-state index in [1.54, 1.807) is 4.90 Å². The average molecular weight is 239 g/mol. The molecule has 2 aliphatic carbocycles. The van der Waals surface area contributed by atoms with Crippen LogP contribution in [0.1, 0.15) is 45.4 Å². The molecule has 0 aromatic carbocycles. The topological polar surface area (TPSA) is 57.6 Å². The van der Waals surface area contributed by atoms with Gasteiger partial charge in [-0.3, -0.25) is 9.59 Å². The number of hydrogen-bond acceptors (Lipinski definition) is 2. The van der Waals surface area contributed by atoms with Gasteiger partial charge in [-0.2, -0.15) is 0 Å². The van der Waals surface area contributed by atoms with Crippen molar-refractivity contribution in [2.75, 3.05) is 6.54 Å². The van der Waals surface area contributed by atoms with Crippen molar-refractivity contribution in [2.45, 2.75) is 51.5 Å². The van der Waals surface area contributed by atoms with Gasteiger partial charge in [-0.05, 0) is 25.2 Å². The lowest BCUT2D eigenvalue weighted by molar-refractivity contribution is -0.147. The number of carboxylic acid groups (broad SMARTS) is 1. The van der Waals surface area contributed by atoms with E-state index < -0.39 is 5.97 Å². The van der Waals surface area contributed by atoms with Gasteiger partial charge in [0, 0.05) is 12.0 Å². The molecule has 0 unspecified atom stereocenters. The van der Waals surface area contributed by atoms with Gasteiger partial charge in [-0.25, -0.2) is 0 Å². The highest BCUT2D eigenvalue weighted by Crippen LogP contribution is 2.40. The zero-order valence-corrected chi connectivity index (χ0v) is 10.4. The molecule has 0 bridgehead atoms. The van der Waals surface area contributed by atoms with E-state index in [2.05, 4.69) is 6.92 Å². The molecule has 2 aliphatic rings. The number of rotatable bonds is 4. The Morgan fingerprint density at radius 3 is 2.29 bits per heavy atom. The second-order valence-electron chi connectivity index (χ2n) is 5.47. The predicted octanol–water partition coefficient (Wildman–Crippen LogP) is 1.89. The Bertz CT molecular complexity index is 310. The highest BCUT2D eigenvalue weighted by molar-refractivity contribution is 5.85. The molecular weight excluding hydrogens is 218 g/mol. The third-order valence-corrected chi connectivity index (χ3v) is 4.03. The maximum absolute atomic E-state index is 12.2. The summed E-state index contributed by atoms with van der Waals surface area (Å²) in [6, 6.07) is 0.167. The fraction of sp³-hybridized carbons (Fsp3) is 0.846. The van der Waals surface area contributed by atoms with E-state index in [0.29, 0.717) is 5.92 Å². The maximum atomic E-state index is 12.2. The van der Waals surface area contributed by atoms with E-state index >= 15 is 0 Å². The standard InChI is InChI=1S/C13H21NO3/c1-9-7-11(9)13(17)14(8-12(15)16)10-5-3-2-4-6-10/h9-11H,2-8H2,1H3,(H,15,16)/t9-,11-/m1/s1. The van der Waals surface area contributed by atoms with Crippen LogP contribution in [-0.4, -0.2) is 34.5 Å². The number of aliphatic carboxylic acids is 1. The molecule has 0 radical (unpaired) electrons. The minimum absolute atomic E-state index is 0.0757.